The van der Waals surface area contributed by atoms with Gasteiger partial charge < -0.3 is 15.8 Å². The first-order chi connectivity index (χ1) is 8.54. The molecule has 0 saturated carbocycles. The number of halogens is 2. The normalized spacial score (nSPS) is 12.2. The number of amides is 1. The van der Waals surface area contributed by atoms with Crippen molar-refractivity contribution in [1.82, 2.24) is 0 Å². The molecule has 0 heterocycles. The van der Waals surface area contributed by atoms with Gasteiger partial charge in [-0.1, -0.05) is 0 Å². The van der Waals surface area contributed by atoms with E-state index in [1.807, 2.05) is 0 Å². The first-order valence-electron chi connectivity index (χ1n) is 5.55. The highest BCUT2D eigenvalue weighted by molar-refractivity contribution is 5.94. The fourth-order valence-electron chi connectivity index (χ4n) is 1.40. The van der Waals surface area contributed by atoms with Crippen molar-refractivity contribution in [1.29, 1.82) is 0 Å². The summed E-state index contributed by atoms with van der Waals surface area (Å²) in [6.45, 7) is 0.495. The second-order valence-corrected chi connectivity index (χ2v) is 3.85. The third-order valence-electron chi connectivity index (χ3n) is 2.39. The van der Waals surface area contributed by atoms with Gasteiger partial charge >= 0.3 is 0 Å². The minimum absolute atomic E-state index is 0.206. The number of benzene rings is 1. The van der Waals surface area contributed by atoms with Crippen molar-refractivity contribution in [2.75, 3.05) is 19.0 Å². The number of ether oxygens (including phenoxy) is 1. The average Bonchev–Trinajstić information content (AvgIpc) is 2.34. The molecule has 100 valence electrons. The fraction of sp³-hybridized carbons (Fsp3) is 0.417. The predicted molar refractivity (Wildman–Crippen MR) is 64.1 cm³/mol. The number of carbonyl (C=O) groups is 1. The first kappa shape index (κ1) is 14.5. The van der Waals surface area contributed by atoms with Gasteiger partial charge in [-0.05, 0) is 25.0 Å². The maximum absolute atomic E-state index is 13.3. The zero-order valence-electron chi connectivity index (χ0n) is 10.1. The van der Waals surface area contributed by atoms with Gasteiger partial charge in [0.25, 0.3) is 0 Å². The van der Waals surface area contributed by atoms with E-state index in [1.54, 1.807) is 7.11 Å². The minimum Gasteiger partial charge on any atom is -0.385 e. The lowest BCUT2D eigenvalue weighted by Gasteiger charge is -2.12. The van der Waals surface area contributed by atoms with Gasteiger partial charge in [0.05, 0.1) is 11.7 Å². The molecule has 1 aromatic rings. The molecule has 18 heavy (non-hydrogen) atoms. The molecule has 6 heteroatoms. The number of rotatable bonds is 6. The molecule has 1 unspecified atom stereocenters. The molecule has 0 aliphatic heterocycles. The third-order valence-corrected chi connectivity index (χ3v) is 2.39. The van der Waals surface area contributed by atoms with E-state index < -0.39 is 23.6 Å². The van der Waals surface area contributed by atoms with Crippen LogP contribution in [0.5, 0.6) is 0 Å². The molecule has 3 N–H and O–H groups in total. The summed E-state index contributed by atoms with van der Waals surface area (Å²) < 4.78 is 31.0. The smallest absolute Gasteiger partial charge is 0.241 e. The Morgan fingerprint density at radius 2 is 2.22 bits per heavy atom. The van der Waals surface area contributed by atoms with Crippen LogP contribution in [-0.4, -0.2) is 25.7 Å². The lowest BCUT2D eigenvalue weighted by molar-refractivity contribution is -0.117. The van der Waals surface area contributed by atoms with Crippen LogP contribution in [0.25, 0.3) is 0 Å². The summed E-state index contributed by atoms with van der Waals surface area (Å²) in [6.07, 6.45) is 1.04. The Labute approximate surface area is 104 Å². The van der Waals surface area contributed by atoms with Crippen LogP contribution in [-0.2, 0) is 9.53 Å². The number of carbonyl (C=O) groups excluding carboxylic acids is 1. The van der Waals surface area contributed by atoms with E-state index in [-0.39, 0.29) is 5.69 Å². The summed E-state index contributed by atoms with van der Waals surface area (Å²) in [5.74, 6) is -1.87. The van der Waals surface area contributed by atoms with Crippen LogP contribution >= 0.6 is 0 Å². The Bertz CT molecular complexity index is 413. The highest BCUT2D eigenvalue weighted by atomic mass is 19.1. The summed E-state index contributed by atoms with van der Waals surface area (Å²) in [5.41, 5.74) is 5.40. The largest absolute Gasteiger partial charge is 0.385 e. The molecule has 0 aliphatic carbocycles. The number of hydrogen-bond donors (Lipinski definition) is 2. The van der Waals surface area contributed by atoms with E-state index in [4.69, 9.17) is 10.5 Å². The van der Waals surface area contributed by atoms with Crippen molar-refractivity contribution in [3.8, 4) is 0 Å². The summed E-state index contributed by atoms with van der Waals surface area (Å²) in [6, 6.07) is 2.06. The molecule has 1 atom stereocenters. The van der Waals surface area contributed by atoms with Crippen molar-refractivity contribution >= 4 is 11.6 Å². The third kappa shape index (κ3) is 4.38. The van der Waals surface area contributed by atoms with Gasteiger partial charge in [0.1, 0.15) is 11.6 Å². The topological polar surface area (TPSA) is 64.3 Å². The molecule has 0 spiro atoms. The number of hydrogen-bond acceptors (Lipinski definition) is 3. The molecule has 0 fully saturated rings. The van der Waals surface area contributed by atoms with Crippen molar-refractivity contribution < 1.29 is 18.3 Å². The molecular weight excluding hydrogens is 242 g/mol. The van der Waals surface area contributed by atoms with E-state index in [9.17, 15) is 13.6 Å². The monoisotopic (exact) mass is 258 g/mol. The predicted octanol–water partition coefficient (Wildman–Crippen LogP) is 1.66. The van der Waals surface area contributed by atoms with Gasteiger partial charge in [-0.2, -0.15) is 0 Å². The number of anilines is 1. The summed E-state index contributed by atoms with van der Waals surface area (Å²) in [4.78, 5) is 11.6. The Morgan fingerprint density at radius 1 is 1.50 bits per heavy atom. The van der Waals surface area contributed by atoms with Gasteiger partial charge in [0, 0.05) is 19.8 Å². The molecule has 4 nitrogen and oxygen atoms in total. The van der Waals surface area contributed by atoms with E-state index in [0.717, 1.165) is 18.2 Å². The lowest BCUT2D eigenvalue weighted by atomic mass is 10.1. The van der Waals surface area contributed by atoms with Crippen molar-refractivity contribution in [3.63, 3.8) is 0 Å². The van der Waals surface area contributed by atoms with Crippen LogP contribution in [0.15, 0.2) is 18.2 Å². The lowest BCUT2D eigenvalue weighted by Crippen LogP contribution is -2.36. The van der Waals surface area contributed by atoms with E-state index in [1.165, 1.54) is 0 Å². The van der Waals surface area contributed by atoms with Gasteiger partial charge in [-0.15, -0.1) is 0 Å². The Kier molecular flexibility index (Phi) is 5.67. The minimum atomic E-state index is -0.775. The molecule has 0 radical (unpaired) electrons. The summed E-state index contributed by atoms with van der Waals surface area (Å²) in [7, 11) is 1.55. The Balaban J connectivity index is 2.55. The molecule has 0 bridgehead atoms. The zero-order valence-corrected chi connectivity index (χ0v) is 10.1. The molecular formula is C12H16F2N2O2. The fourth-order valence-corrected chi connectivity index (χ4v) is 1.40. The summed E-state index contributed by atoms with van der Waals surface area (Å²) >= 11 is 0. The quantitative estimate of drug-likeness (QED) is 0.763. The van der Waals surface area contributed by atoms with E-state index in [0.29, 0.717) is 19.4 Å². The van der Waals surface area contributed by atoms with Gasteiger partial charge in [0.2, 0.25) is 5.91 Å². The second-order valence-electron chi connectivity index (χ2n) is 3.85. The van der Waals surface area contributed by atoms with E-state index in [2.05, 4.69) is 5.32 Å². The molecule has 0 aromatic heterocycles. The van der Waals surface area contributed by atoms with Crippen molar-refractivity contribution in [2.24, 2.45) is 5.73 Å². The SMILES string of the molecule is COCCCC(N)C(=O)Nc1cc(F)ccc1F. The molecule has 0 saturated heterocycles. The zero-order chi connectivity index (χ0) is 13.5. The molecule has 1 amide bonds. The highest BCUT2D eigenvalue weighted by Gasteiger charge is 2.15. The standard InChI is InChI=1S/C12H16F2N2O2/c1-18-6-2-3-10(15)12(17)16-11-7-8(13)4-5-9(11)14/h4-5,7,10H,2-3,6,15H2,1H3,(H,16,17). The van der Waals surface area contributed by atoms with Gasteiger partial charge in [0.15, 0.2) is 0 Å². The number of nitrogens with two attached hydrogens (primary N) is 1. The number of nitrogens with one attached hydrogen (secondary N) is 1. The second kappa shape index (κ2) is 7.03. The van der Waals surface area contributed by atoms with Crippen LogP contribution in [0, 0.1) is 11.6 Å². The maximum atomic E-state index is 13.3. The Morgan fingerprint density at radius 3 is 2.89 bits per heavy atom. The Hall–Kier alpha value is -1.53. The molecule has 1 rings (SSSR count). The first-order valence-corrected chi connectivity index (χ1v) is 5.55. The van der Waals surface area contributed by atoms with Crippen molar-refractivity contribution in [2.45, 2.75) is 18.9 Å². The molecule has 1 aromatic carbocycles. The van der Waals surface area contributed by atoms with Crippen molar-refractivity contribution in [3.05, 3.63) is 29.8 Å². The highest BCUT2D eigenvalue weighted by Crippen LogP contribution is 2.15. The maximum Gasteiger partial charge on any atom is 0.241 e. The number of methoxy groups -OCH3 is 1. The van der Waals surface area contributed by atoms with Crippen LogP contribution in [0.2, 0.25) is 0 Å². The van der Waals surface area contributed by atoms with Gasteiger partial charge in [-0.25, -0.2) is 8.78 Å². The van der Waals surface area contributed by atoms with Gasteiger partial charge in [-0.3, -0.25) is 4.79 Å². The average molecular weight is 258 g/mol. The van der Waals surface area contributed by atoms with Crippen LogP contribution in [0.4, 0.5) is 14.5 Å². The summed E-state index contributed by atoms with van der Waals surface area (Å²) in [5, 5.41) is 2.26. The van der Waals surface area contributed by atoms with Crippen LogP contribution in [0.1, 0.15) is 12.8 Å². The molecule has 0 aliphatic rings. The van der Waals surface area contributed by atoms with Crippen LogP contribution < -0.4 is 11.1 Å². The van der Waals surface area contributed by atoms with Crippen LogP contribution in [0.3, 0.4) is 0 Å². The van der Waals surface area contributed by atoms with E-state index >= 15 is 0 Å².